The molecule has 190 valence electrons. The quantitative estimate of drug-likeness (QED) is 0.113. The van der Waals surface area contributed by atoms with Crippen LogP contribution in [0.15, 0.2) is 12.5 Å². The Morgan fingerprint density at radius 1 is 1.00 bits per heavy atom. The van der Waals surface area contributed by atoms with E-state index >= 15 is 0 Å². The van der Waals surface area contributed by atoms with Crippen LogP contribution in [0.1, 0.15) is 44.7 Å². The van der Waals surface area contributed by atoms with Crippen molar-refractivity contribution < 1.29 is 29.1 Å². The van der Waals surface area contributed by atoms with E-state index in [1.807, 2.05) is 0 Å². The number of imidazole rings is 1. The van der Waals surface area contributed by atoms with Crippen LogP contribution in [-0.4, -0.2) is 75.4 Å². The van der Waals surface area contributed by atoms with E-state index in [4.69, 9.17) is 17.2 Å². The summed E-state index contributed by atoms with van der Waals surface area (Å²) in [6, 6.07) is -4.42. The molecule has 0 bridgehead atoms. The summed E-state index contributed by atoms with van der Waals surface area (Å²) in [6.45, 7) is 1.87. The number of unbranched alkanes of at least 4 members (excludes halogenated alkanes) is 1. The molecule has 0 fully saturated rings. The third kappa shape index (κ3) is 10.4. The molecule has 4 unspecified atom stereocenters. The largest absolute Gasteiger partial charge is 0.480 e. The number of carbonyl (C=O) groups is 5. The number of amides is 4. The van der Waals surface area contributed by atoms with Gasteiger partial charge in [-0.2, -0.15) is 0 Å². The van der Waals surface area contributed by atoms with Crippen LogP contribution in [0.3, 0.4) is 0 Å². The summed E-state index contributed by atoms with van der Waals surface area (Å²) in [4.78, 5) is 67.2. The molecule has 14 heteroatoms. The Morgan fingerprint density at radius 3 is 2.15 bits per heavy atom. The number of carboxylic acid groups (broad SMARTS) is 1. The molecule has 1 heterocycles. The maximum atomic E-state index is 13.0. The molecular weight excluding hydrogens is 448 g/mol. The van der Waals surface area contributed by atoms with Crippen LogP contribution in [0, 0.1) is 0 Å². The second-order valence-electron chi connectivity index (χ2n) is 7.88. The van der Waals surface area contributed by atoms with Crippen LogP contribution in [0.2, 0.25) is 0 Å². The highest BCUT2D eigenvalue weighted by Gasteiger charge is 2.30. The van der Waals surface area contributed by atoms with Crippen molar-refractivity contribution in [2.45, 2.75) is 69.6 Å². The van der Waals surface area contributed by atoms with Gasteiger partial charge in [-0.3, -0.25) is 19.2 Å². The SMILES string of the molecule is CC(N)C(=O)NC(CCCCN)C(=O)NC(Cc1cnc[nH]1)C(=O)NC(CCC(N)=O)C(=O)O. The first-order chi connectivity index (χ1) is 16.0. The van der Waals surface area contributed by atoms with Crippen LogP contribution < -0.4 is 33.2 Å². The van der Waals surface area contributed by atoms with E-state index in [0.29, 0.717) is 25.1 Å². The van der Waals surface area contributed by atoms with Gasteiger partial charge in [0.1, 0.15) is 18.1 Å². The molecule has 0 aliphatic carbocycles. The van der Waals surface area contributed by atoms with Crippen LogP contribution in [0.5, 0.6) is 0 Å². The molecule has 0 saturated carbocycles. The summed E-state index contributed by atoms with van der Waals surface area (Å²) in [5.41, 5.74) is 16.7. The molecule has 0 radical (unpaired) electrons. The molecule has 0 aliphatic rings. The van der Waals surface area contributed by atoms with Gasteiger partial charge in [-0.1, -0.05) is 0 Å². The van der Waals surface area contributed by atoms with Crippen molar-refractivity contribution in [3.8, 4) is 0 Å². The van der Waals surface area contributed by atoms with E-state index in [1.165, 1.54) is 19.4 Å². The Labute approximate surface area is 196 Å². The van der Waals surface area contributed by atoms with E-state index < -0.39 is 53.8 Å². The van der Waals surface area contributed by atoms with Crippen molar-refractivity contribution in [1.82, 2.24) is 25.9 Å². The van der Waals surface area contributed by atoms with Crippen molar-refractivity contribution >= 4 is 29.6 Å². The number of hydrogen-bond acceptors (Lipinski definition) is 8. The van der Waals surface area contributed by atoms with Gasteiger partial charge in [0.25, 0.3) is 0 Å². The average molecular weight is 483 g/mol. The predicted octanol–water partition coefficient (Wildman–Crippen LogP) is -2.77. The Kier molecular flexibility index (Phi) is 12.2. The molecule has 4 amide bonds. The summed E-state index contributed by atoms with van der Waals surface area (Å²) in [5, 5.41) is 16.8. The Morgan fingerprint density at radius 2 is 1.62 bits per heavy atom. The van der Waals surface area contributed by atoms with Crippen molar-refractivity contribution in [1.29, 1.82) is 0 Å². The van der Waals surface area contributed by atoms with Gasteiger partial charge in [-0.25, -0.2) is 9.78 Å². The first-order valence-corrected chi connectivity index (χ1v) is 10.9. The number of H-pyrrole nitrogens is 1. The normalized spacial score (nSPS) is 14.3. The molecular formula is C20H34N8O6. The second-order valence-corrected chi connectivity index (χ2v) is 7.88. The van der Waals surface area contributed by atoms with Crippen molar-refractivity contribution in [2.24, 2.45) is 17.2 Å². The summed E-state index contributed by atoms with van der Waals surface area (Å²) in [5.74, 6) is -4.05. The van der Waals surface area contributed by atoms with Gasteiger partial charge in [0.15, 0.2) is 0 Å². The molecule has 0 aromatic carbocycles. The summed E-state index contributed by atoms with van der Waals surface area (Å²) in [7, 11) is 0. The Hall–Kier alpha value is -3.52. The minimum atomic E-state index is -1.39. The fourth-order valence-corrected chi connectivity index (χ4v) is 2.98. The van der Waals surface area contributed by atoms with E-state index in [1.54, 1.807) is 0 Å². The molecule has 1 aromatic rings. The molecule has 11 N–H and O–H groups in total. The highest BCUT2D eigenvalue weighted by Crippen LogP contribution is 2.06. The van der Waals surface area contributed by atoms with Crippen LogP contribution in [-0.2, 0) is 30.4 Å². The van der Waals surface area contributed by atoms with E-state index in [-0.39, 0.29) is 25.7 Å². The minimum Gasteiger partial charge on any atom is -0.480 e. The molecule has 1 rings (SSSR count). The van der Waals surface area contributed by atoms with E-state index in [0.717, 1.165) is 0 Å². The maximum absolute atomic E-state index is 13.0. The Bertz CT molecular complexity index is 829. The minimum absolute atomic E-state index is 0.0313. The third-order valence-electron chi connectivity index (χ3n) is 4.90. The van der Waals surface area contributed by atoms with Gasteiger partial charge in [-0.05, 0) is 39.2 Å². The monoisotopic (exact) mass is 482 g/mol. The topological polar surface area (TPSA) is 248 Å². The number of aromatic amines is 1. The number of carboxylic acids is 1. The molecule has 0 spiro atoms. The number of carbonyl (C=O) groups excluding carboxylic acids is 4. The van der Waals surface area contributed by atoms with Gasteiger partial charge >= 0.3 is 5.97 Å². The number of aliphatic carboxylic acids is 1. The van der Waals surface area contributed by atoms with Gasteiger partial charge in [0.2, 0.25) is 23.6 Å². The predicted molar refractivity (Wildman–Crippen MR) is 121 cm³/mol. The molecule has 34 heavy (non-hydrogen) atoms. The van der Waals surface area contributed by atoms with Crippen molar-refractivity contribution in [3.05, 3.63) is 18.2 Å². The molecule has 14 nitrogen and oxygen atoms in total. The van der Waals surface area contributed by atoms with Crippen LogP contribution >= 0.6 is 0 Å². The fourth-order valence-electron chi connectivity index (χ4n) is 2.98. The standard InChI is InChI=1S/C20H34N8O6/c1-11(22)17(30)26-13(4-2-3-7-21)18(31)28-15(8-12-9-24-10-25-12)19(32)27-14(20(33)34)5-6-16(23)29/h9-11,13-15H,2-8,21-22H2,1H3,(H2,23,29)(H,24,25)(H,26,30)(H,27,32)(H,28,31)(H,33,34). The lowest BCUT2D eigenvalue weighted by molar-refractivity contribution is -0.142. The van der Waals surface area contributed by atoms with Gasteiger partial charge in [0.05, 0.1) is 12.4 Å². The first-order valence-electron chi connectivity index (χ1n) is 10.9. The Balaban J connectivity index is 3.02. The molecule has 4 atom stereocenters. The second kappa shape index (κ2) is 14.6. The van der Waals surface area contributed by atoms with Gasteiger partial charge in [0, 0.05) is 24.7 Å². The van der Waals surface area contributed by atoms with Gasteiger partial charge in [-0.15, -0.1) is 0 Å². The zero-order valence-electron chi connectivity index (χ0n) is 19.1. The number of aromatic nitrogens is 2. The number of nitrogens with one attached hydrogen (secondary N) is 4. The van der Waals surface area contributed by atoms with Crippen LogP contribution in [0.25, 0.3) is 0 Å². The number of hydrogen-bond donors (Lipinski definition) is 8. The van der Waals surface area contributed by atoms with Crippen molar-refractivity contribution in [2.75, 3.05) is 6.54 Å². The first kappa shape index (κ1) is 28.5. The summed E-state index contributed by atoms with van der Waals surface area (Å²) in [6.07, 6.45) is 3.76. The summed E-state index contributed by atoms with van der Waals surface area (Å²) >= 11 is 0. The zero-order chi connectivity index (χ0) is 25.7. The molecule has 1 aromatic heterocycles. The number of nitrogens with two attached hydrogens (primary N) is 3. The number of nitrogens with zero attached hydrogens (tertiary/aromatic N) is 1. The highest BCUT2D eigenvalue weighted by molar-refractivity contribution is 5.94. The fraction of sp³-hybridized carbons (Fsp3) is 0.600. The van der Waals surface area contributed by atoms with E-state index in [9.17, 15) is 29.1 Å². The summed E-state index contributed by atoms with van der Waals surface area (Å²) < 4.78 is 0. The van der Waals surface area contributed by atoms with Gasteiger partial charge < -0.3 is 43.2 Å². The third-order valence-corrected chi connectivity index (χ3v) is 4.90. The van der Waals surface area contributed by atoms with Crippen molar-refractivity contribution in [3.63, 3.8) is 0 Å². The maximum Gasteiger partial charge on any atom is 0.326 e. The lowest BCUT2D eigenvalue weighted by atomic mass is 10.1. The average Bonchev–Trinajstić information content (AvgIpc) is 3.27. The lowest BCUT2D eigenvalue weighted by Crippen LogP contribution is -2.57. The molecule has 0 aliphatic heterocycles. The van der Waals surface area contributed by atoms with E-state index in [2.05, 4.69) is 25.9 Å². The highest BCUT2D eigenvalue weighted by atomic mass is 16.4. The number of primary amides is 1. The lowest BCUT2D eigenvalue weighted by Gasteiger charge is -2.24. The zero-order valence-corrected chi connectivity index (χ0v) is 19.1. The molecule has 0 saturated heterocycles. The number of rotatable bonds is 16. The van der Waals surface area contributed by atoms with Crippen LogP contribution in [0.4, 0.5) is 0 Å². The smallest absolute Gasteiger partial charge is 0.326 e.